The molecule has 0 aromatic heterocycles. The normalized spacial score (nSPS) is 9.50. The van der Waals surface area contributed by atoms with Gasteiger partial charge in [-0.05, 0) is 18.2 Å². The molecule has 0 aliphatic carbocycles. The number of carbonyl (C=O) groups excluding carboxylic acids is 1. The van der Waals surface area contributed by atoms with Gasteiger partial charge in [-0.2, -0.15) is 0 Å². The van der Waals surface area contributed by atoms with Crippen LogP contribution in [0.3, 0.4) is 0 Å². The Morgan fingerprint density at radius 2 is 2.25 bits per heavy atom. The number of benzene rings is 1. The van der Waals surface area contributed by atoms with Crippen LogP contribution in [0.5, 0.6) is 0 Å². The molecular formula is C12H14N2O2. The third-order valence-corrected chi connectivity index (χ3v) is 1.76. The summed E-state index contributed by atoms with van der Waals surface area (Å²) < 4.78 is 0. The second-order valence-electron chi connectivity index (χ2n) is 3.38. The first-order valence-electron chi connectivity index (χ1n) is 4.81. The lowest BCUT2D eigenvalue weighted by molar-refractivity contribution is 0.0857. The molecule has 1 aromatic rings. The molecule has 1 amide bonds. The van der Waals surface area contributed by atoms with E-state index in [1.807, 2.05) is 0 Å². The van der Waals surface area contributed by atoms with E-state index >= 15 is 0 Å². The van der Waals surface area contributed by atoms with Gasteiger partial charge in [-0.1, -0.05) is 17.9 Å². The van der Waals surface area contributed by atoms with Crippen molar-refractivity contribution in [3.63, 3.8) is 0 Å². The molecule has 0 radical (unpaired) electrons. The molecule has 0 aliphatic heterocycles. The minimum absolute atomic E-state index is 0.183. The standard InChI is InChI=1S/C12H14N2O2/c1-14(2)13-12(16)11-7-3-5-10(9-11)6-4-8-15/h3,5,7,9,15H,8H2,1-2H3,(H,13,16). The van der Waals surface area contributed by atoms with E-state index in [1.165, 1.54) is 0 Å². The fraction of sp³-hybridized carbons (Fsp3) is 0.250. The van der Waals surface area contributed by atoms with Crippen molar-refractivity contribution in [2.75, 3.05) is 20.7 Å². The Kier molecular flexibility index (Phi) is 4.52. The van der Waals surface area contributed by atoms with Gasteiger partial charge in [0.1, 0.15) is 6.61 Å². The maximum Gasteiger partial charge on any atom is 0.265 e. The molecule has 84 valence electrons. The molecule has 1 aromatic carbocycles. The summed E-state index contributed by atoms with van der Waals surface area (Å²) in [6.07, 6.45) is 0. The van der Waals surface area contributed by atoms with Crippen LogP contribution in [0.4, 0.5) is 0 Å². The number of nitrogens with zero attached hydrogens (tertiary/aromatic N) is 1. The summed E-state index contributed by atoms with van der Waals surface area (Å²) in [4.78, 5) is 11.6. The quantitative estimate of drug-likeness (QED) is 0.552. The van der Waals surface area contributed by atoms with E-state index in [9.17, 15) is 4.79 Å². The van der Waals surface area contributed by atoms with E-state index in [1.54, 1.807) is 43.4 Å². The van der Waals surface area contributed by atoms with Gasteiger partial charge < -0.3 is 5.11 Å². The smallest absolute Gasteiger partial charge is 0.265 e. The van der Waals surface area contributed by atoms with Gasteiger partial charge in [-0.15, -0.1) is 0 Å². The maximum absolute atomic E-state index is 11.6. The maximum atomic E-state index is 11.6. The van der Waals surface area contributed by atoms with Gasteiger partial charge in [0.2, 0.25) is 0 Å². The highest BCUT2D eigenvalue weighted by Gasteiger charge is 2.05. The van der Waals surface area contributed by atoms with Crippen LogP contribution in [0, 0.1) is 11.8 Å². The molecule has 4 nitrogen and oxygen atoms in total. The number of hydrazine groups is 1. The Morgan fingerprint density at radius 1 is 1.50 bits per heavy atom. The minimum Gasteiger partial charge on any atom is -0.384 e. The van der Waals surface area contributed by atoms with Crippen LogP contribution in [0.15, 0.2) is 24.3 Å². The Hall–Kier alpha value is -1.83. The first-order chi connectivity index (χ1) is 7.63. The number of aliphatic hydroxyl groups excluding tert-OH is 1. The molecular weight excluding hydrogens is 204 g/mol. The highest BCUT2D eigenvalue weighted by Crippen LogP contribution is 2.03. The summed E-state index contributed by atoms with van der Waals surface area (Å²) in [6.45, 7) is -0.186. The van der Waals surface area contributed by atoms with E-state index in [4.69, 9.17) is 5.11 Å². The number of aliphatic hydroxyl groups is 1. The molecule has 0 fully saturated rings. The second-order valence-corrected chi connectivity index (χ2v) is 3.38. The average Bonchev–Trinajstić information content (AvgIpc) is 2.26. The van der Waals surface area contributed by atoms with Crippen molar-refractivity contribution < 1.29 is 9.90 Å². The molecule has 1 rings (SSSR count). The number of rotatable bonds is 2. The summed E-state index contributed by atoms with van der Waals surface area (Å²) in [5.74, 6) is 5.10. The molecule has 0 atom stereocenters. The fourth-order valence-electron chi connectivity index (χ4n) is 1.15. The molecule has 0 saturated heterocycles. The molecule has 0 aliphatic rings. The molecule has 0 unspecified atom stereocenters. The number of hydrogen-bond donors (Lipinski definition) is 2. The van der Waals surface area contributed by atoms with Crippen molar-refractivity contribution in [1.82, 2.24) is 10.4 Å². The van der Waals surface area contributed by atoms with Gasteiger partial charge >= 0.3 is 0 Å². The van der Waals surface area contributed by atoms with Crippen LogP contribution in [0.2, 0.25) is 0 Å². The van der Waals surface area contributed by atoms with E-state index < -0.39 is 0 Å². The zero-order valence-corrected chi connectivity index (χ0v) is 9.32. The lowest BCUT2D eigenvalue weighted by Crippen LogP contribution is -2.36. The summed E-state index contributed by atoms with van der Waals surface area (Å²) in [5.41, 5.74) is 3.89. The highest BCUT2D eigenvalue weighted by molar-refractivity contribution is 5.94. The molecule has 0 heterocycles. The van der Waals surface area contributed by atoms with E-state index in [2.05, 4.69) is 17.3 Å². The van der Waals surface area contributed by atoms with Crippen LogP contribution < -0.4 is 5.43 Å². The van der Waals surface area contributed by atoms with E-state index in [0.717, 1.165) is 0 Å². The highest BCUT2D eigenvalue weighted by atomic mass is 16.2. The summed E-state index contributed by atoms with van der Waals surface area (Å²) in [6, 6.07) is 6.94. The van der Waals surface area contributed by atoms with Crippen molar-refractivity contribution in [3.8, 4) is 11.8 Å². The first-order valence-corrected chi connectivity index (χ1v) is 4.81. The van der Waals surface area contributed by atoms with E-state index in [-0.39, 0.29) is 12.5 Å². The topological polar surface area (TPSA) is 52.6 Å². The third kappa shape index (κ3) is 3.73. The van der Waals surface area contributed by atoms with Crippen LogP contribution in [-0.4, -0.2) is 36.7 Å². The predicted octanol–water partition coefficient (Wildman–Crippen LogP) is 0.237. The molecule has 2 N–H and O–H groups in total. The fourth-order valence-corrected chi connectivity index (χ4v) is 1.15. The first kappa shape index (κ1) is 12.2. The van der Waals surface area contributed by atoms with Crippen LogP contribution in [0.25, 0.3) is 0 Å². The minimum atomic E-state index is -0.186. The van der Waals surface area contributed by atoms with Crippen LogP contribution in [0.1, 0.15) is 15.9 Å². The average molecular weight is 218 g/mol. The monoisotopic (exact) mass is 218 g/mol. The van der Waals surface area contributed by atoms with Crippen molar-refractivity contribution in [2.45, 2.75) is 0 Å². The summed E-state index contributed by atoms with van der Waals surface area (Å²) in [5, 5.41) is 10.1. The van der Waals surface area contributed by atoms with Gasteiger partial charge in [0.25, 0.3) is 5.91 Å². The Balaban J connectivity index is 2.85. The Labute approximate surface area is 94.9 Å². The molecule has 0 saturated carbocycles. The van der Waals surface area contributed by atoms with Gasteiger partial charge in [0.15, 0.2) is 0 Å². The van der Waals surface area contributed by atoms with Crippen molar-refractivity contribution >= 4 is 5.91 Å². The number of hydrogen-bond acceptors (Lipinski definition) is 3. The van der Waals surface area contributed by atoms with Crippen LogP contribution >= 0.6 is 0 Å². The number of nitrogens with one attached hydrogen (secondary N) is 1. The largest absolute Gasteiger partial charge is 0.384 e. The lowest BCUT2D eigenvalue weighted by Gasteiger charge is -2.11. The molecule has 16 heavy (non-hydrogen) atoms. The van der Waals surface area contributed by atoms with Crippen molar-refractivity contribution in [3.05, 3.63) is 35.4 Å². The van der Waals surface area contributed by atoms with Gasteiger partial charge in [-0.3, -0.25) is 10.2 Å². The van der Waals surface area contributed by atoms with Gasteiger partial charge in [0, 0.05) is 25.2 Å². The molecule has 4 heteroatoms. The predicted molar refractivity (Wildman–Crippen MR) is 61.6 cm³/mol. The second kappa shape index (κ2) is 5.91. The summed E-state index contributed by atoms with van der Waals surface area (Å²) in [7, 11) is 3.49. The molecule has 0 spiro atoms. The Morgan fingerprint density at radius 3 is 2.88 bits per heavy atom. The van der Waals surface area contributed by atoms with Crippen molar-refractivity contribution in [1.29, 1.82) is 0 Å². The van der Waals surface area contributed by atoms with Crippen LogP contribution in [-0.2, 0) is 0 Å². The zero-order chi connectivity index (χ0) is 12.0. The zero-order valence-electron chi connectivity index (χ0n) is 9.32. The number of amides is 1. The SMILES string of the molecule is CN(C)NC(=O)c1cccc(C#CCO)c1. The third-order valence-electron chi connectivity index (χ3n) is 1.76. The van der Waals surface area contributed by atoms with E-state index in [0.29, 0.717) is 11.1 Å². The molecule has 0 bridgehead atoms. The van der Waals surface area contributed by atoms with Crippen molar-refractivity contribution in [2.24, 2.45) is 0 Å². The van der Waals surface area contributed by atoms with Gasteiger partial charge in [-0.25, -0.2) is 5.01 Å². The lowest BCUT2D eigenvalue weighted by atomic mass is 10.1. The summed E-state index contributed by atoms with van der Waals surface area (Å²) >= 11 is 0. The Bertz CT molecular complexity index is 430. The number of carbonyl (C=O) groups is 1. The van der Waals surface area contributed by atoms with Gasteiger partial charge in [0.05, 0.1) is 0 Å².